The van der Waals surface area contributed by atoms with Gasteiger partial charge < -0.3 is 18.1 Å². The molecule has 0 aromatic heterocycles. The molecule has 11 heavy (non-hydrogen) atoms. The summed E-state index contributed by atoms with van der Waals surface area (Å²) in [6.45, 7) is 0. The summed E-state index contributed by atoms with van der Waals surface area (Å²) in [5, 5.41) is 0. The Morgan fingerprint density at radius 1 is 0.636 bits per heavy atom. The topological polar surface area (TPSA) is 46.2 Å². The Morgan fingerprint density at radius 3 is 1.09 bits per heavy atom. The maximum absolute atomic E-state index is 5.09. The average Bonchev–Trinajstić information content (AvgIpc) is 2.07. The summed E-state index contributed by atoms with van der Waals surface area (Å²) in [6.07, 6.45) is 0. The molecule has 0 saturated carbocycles. The van der Waals surface area contributed by atoms with Crippen molar-refractivity contribution in [3.8, 4) is 0 Å². The molecule has 0 aliphatic rings. The van der Waals surface area contributed by atoms with Crippen molar-refractivity contribution < 1.29 is 22.4 Å². The van der Waals surface area contributed by atoms with Gasteiger partial charge in [0.15, 0.2) is 0 Å². The fourth-order valence-electron chi connectivity index (χ4n) is 0.337. The average molecular weight is 202 g/mol. The molecule has 5 nitrogen and oxygen atoms in total. The van der Waals surface area contributed by atoms with Gasteiger partial charge in [0.05, 0.1) is 0 Å². The highest BCUT2D eigenvalue weighted by atomic mass is 31.2. The van der Waals surface area contributed by atoms with E-state index in [1.54, 1.807) is 0 Å². The fourth-order valence-corrected chi connectivity index (χ4v) is 2.14. The molecule has 7 heteroatoms. The molecule has 0 aliphatic carbocycles. The first-order valence-corrected chi connectivity index (χ1v) is 4.92. The summed E-state index contributed by atoms with van der Waals surface area (Å²) in [5.41, 5.74) is 0. The van der Waals surface area contributed by atoms with Crippen LogP contribution in [0.5, 0.6) is 0 Å². The maximum atomic E-state index is 5.09. The van der Waals surface area contributed by atoms with E-state index in [9.17, 15) is 0 Å². The largest absolute Gasteiger partial charge is 0.339 e. The highest BCUT2D eigenvalue weighted by Crippen LogP contribution is 2.53. The van der Waals surface area contributed by atoms with E-state index in [0.717, 1.165) is 0 Å². The van der Waals surface area contributed by atoms with Crippen molar-refractivity contribution in [2.45, 2.75) is 0 Å². The van der Waals surface area contributed by atoms with Crippen molar-refractivity contribution in [1.29, 1.82) is 0 Å². The molecule has 68 valence electrons. The third kappa shape index (κ3) is 4.99. The second kappa shape index (κ2) is 7.32. The van der Waals surface area contributed by atoms with Gasteiger partial charge in [-0.15, -0.1) is 0 Å². The van der Waals surface area contributed by atoms with E-state index in [0.29, 0.717) is 0 Å². The zero-order valence-electron chi connectivity index (χ0n) is 6.94. The first kappa shape index (κ1) is 11.7. The van der Waals surface area contributed by atoms with Gasteiger partial charge in [0.1, 0.15) is 0 Å². The lowest BCUT2D eigenvalue weighted by molar-refractivity contribution is 0.231. The Kier molecular flexibility index (Phi) is 7.76. The molecule has 0 unspecified atom stereocenters. The van der Waals surface area contributed by atoms with Crippen molar-refractivity contribution in [3.05, 3.63) is 0 Å². The molecule has 0 amide bonds. The van der Waals surface area contributed by atoms with Crippen LogP contribution >= 0.6 is 17.2 Å². The molecule has 0 aromatic carbocycles. The molecule has 0 aliphatic heterocycles. The van der Waals surface area contributed by atoms with Gasteiger partial charge in [-0.05, 0) is 0 Å². The Balaban J connectivity index is 3.58. The minimum absolute atomic E-state index is 1.33. The highest BCUT2D eigenvalue weighted by molar-refractivity contribution is 7.55. The predicted molar refractivity (Wildman–Crippen MR) is 43.0 cm³/mol. The summed E-state index contributed by atoms with van der Waals surface area (Å²) in [7, 11) is 3.32. The molecular weight excluding hydrogens is 190 g/mol. The van der Waals surface area contributed by atoms with Gasteiger partial charge in [-0.3, -0.25) is 0 Å². The van der Waals surface area contributed by atoms with Crippen molar-refractivity contribution in [3.63, 3.8) is 0 Å². The van der Waals surface area contributed by atoms with Crippen LogP contribution in [0.25, 0.3) is 0 Å². The lowest BCUT2D eigenvalue weighted by Crippen LogP contribution is -1.88. The van der Waals surface area contributed by atoms with Gasteiger partial charge in [0.2, 0.25) is 0 Å². The second-order valence-corrected chi connectivity index (χ2v) is 4.27. The smallest absolute Gasteiger partial charge is 0.315 e. The molecule has 0 spiro atoms. The van der Waals surface area contributed by atoms with E-state index < -0.39 is 17.2 Å². The molecule has 0 radical (unpaired) electrons. The third-order valence-corrected chi connectivity index (χ3v) is 2.99. The standard InChI is InChI=1S/C4H12O5P2/c1-5-10(6-2)9-11(7-3)8-4/h1-4H3. The van der Waals surface area contributed by atoms with Gasteiger partial charge in [-0.25, -0.2) is 4.31 Å². The van der Waals surface area contributed by atoms with Crippen molar-refractivity contribution >= 4 is 17.2 Å². The molecular formula is C4H12O5P2. The van der Waals surface area contributed by atoms with Crippen molar-refractivity contribution in [1.82, 2.24) is 0 Å². The molecule has 0 heterocycles. The monoisotopic (exact) mass is 202 g/mol. The number of hydrogen-bond acceptors (Lipinski definition) is 5. The molecule has 0 atom stereocenters. The highest BCUT2D eigenvalue weighted by Gasteiger charge is 2.17. The Morgan fingerprint density at radius 2 is 0.909 bits per heavy atom. The van der Waals surface area contributed by atoms with Crippen LogP contribution in [-0.2, 0) is 22.4 Å². The molecule has 0 bridgehead atoms. The van der Waals surface area contributed by atoms with Crippen LogP contribution in [0.3, 0.4) is 0 Å². The molecule has 0 N–H and O–H groups in total. The Labute approximate surface area is 68.9 Å². The van der Waals surface area contributed by atoms with Crippen LogP contribution in [0.2, 0.25) is 0 Å². The van der Waals surface area contributed by atoms with Gasteiger partial charge in [0, 0.05) is 28.4 Å². The molecule has 0 rings (SSSR count). The van der Waals surface area contributed by atoms with Crippen LogP contribution in [0, 0.1) is 0 Å². The summed E-state index contributed by atoms with van der Waals surface area (Å²) in [4.78, 5) is 0. The minimum atomic E-state index is -1.33. The van der Waals surface area contributed by atoms with Crippen molar-refractivity contribution in [2.75, 3.05) is 28.4 Å². The zero-order chi connectivity index (χ0) is 8.69. The summed E-state index contributed by atoms with van der Waals surface area (Å²) >= 11 is 0. The van der Waals surface area contributed by atoms with E-state index >= 15 is 0 Å². The van der Waals surface area contributed by atoms with Crippen LogP contribution in [0.4, 0.5) is 0 Å². The van der Waals surface area contributed by atoms with Gasteiger partial charge in [-0.2, -0.15) is 0 Å². The normalized spacial score (nSPS) is 11.5. The van der Waals surface area contributed by atoms with E-state index in [2.05, 4.69) is 0 Å². The lowest BCUT2D eigenvalue weighted by Gasteiger charge is -2.15. The van der Waals surface area contributed by atoms with Gasteiger partial charge in [-0.1, -0.05) is 0 Å². The summed E-state index contributed by atoms with van der Waals surface area (Å²) in [6, 6.07) is 0. The third-order valence-electron chi connectivity index (χ3n) is 0.730. The predicted octanol–water partition coefficient (Wildman–Crippen LogP) is 2.04. The van der Waals surface area contributed by atoms with Gasteiger partial charge in [0.25, 0.3) is 0 Å². The molecule has 0 aromatic rings. The van der Waals surface area contributed by atoms with E-state index in [1.165, 1.54) is 28.4 Å². The summed E-state index contributed by atoms with van der Waals surface area (Å²) in [5.74, 6) is 0. The van der Waals surface area contributed by atoms with Crippen LogP contribution in [-0.4, -0.2) is 28.4 Å². The van der Waals surface area contributed by atoms with Crippen LogP contribution in [0.1, 0.15) is 0 Å². The van der Waals surface area contributed by atoms with Gasteiger partial charge >= 0.3 is 17.2 Å². The maximum Gasteiger partial charge on any atom is 0.339 e. The number of hydrogen-bond donors (Lipinski definition) is 0. The number of rotatable bonds is 6. The van der Waals surface area contributed by atoms with E-state index in [-0.39, 0.29) is 0 Å². The van der Waals surface area contributed by atoms with Crippen molar-refractivity contribution in [2.24, 2.45) is 0 Å². The fraction of sp³-hybridized carbons (Fsp3) is 1.00. The zero-order valence-corrected chi connectivity index (χ0v) is 8.72. The first-order valence-electron chi connectivity index (χ1n) is 2.73. The van der Waals surface area contributed by atoms with E-state index in [1.807, 2.05) is 0 Å². The summed E-state index contributed by atoms with van der Waals surface area (Å²) < 4.78 is 24.3. The van der Waals surface area contributed by atoms with E-state index in [4.69, 9.17) is 22.4 Å². The first-order chi connectivity index (χ1) is 5.28. The molecule has 0 saturated heterocycles. The van der Waals surface area contributed by atoms with Crippen LogP contribution in [0.15, 0.2) is 0 Å². The Hall–Kier alpha value is 0.660. The molecule has 0 fully saturated rings. The lowest BCUT2D eigenvalue weighted by atomic mass is 11.8. The quantitative estimate of drug-likeness (QED) is 0.616. The SMILES string of the molecule is COP(OC)OP(OC)OC. The Bertz CT molecular complexity index is 74.6. The minimum Gasteiger partial charge on any atom is -0.315 e. The second-order valence-electron chi connectivity index (χ2n) is 1.26. The van der Waals surface area contributed by atoms with Crippen LogP contribution < -0.4 is 0 Å².